The Morgan fingerprint density at radius 2 is 1.75 bits per heavy atom. The first-order valence-corrected chi connectivity index (χ1v) is 5.55. The lowest BCUT2D eigenvalue weighted by Gasteiger charge is -2.04. The molecule has 0 fully saturated rings. The van der Waals surface area contributed by atoms with Crippen molar-refractivity contribution in [2.45, 2.75) is 0 Å². The Morgan fingerprint density at radius 3 is 2.25 bits per heavy atom. The maximum atomic E-state index is 10.9. The summed E-state index contributed by atoms with van der Waals surface area (Å²) in [6, 6.07) is 12.4. The van der Waals surface area contributed by atoms with Crippen molar-refractivity contribution < 1.29 is 14.8 Å². The number of nitro groups is 1. The Kier molecular flexibility index (Phi) is 3.44. The summed E-state index contributed by atoms with van der Waals surface area (Å²) in [6.07, 6.45) is 0. The number of nitrogens with zero attached hydrogens (tertiary/aromatic N) is 2. The first-order valence-electron chi connectivity index (χ1n) is 5.55. The first-order chi connectivity index (χ1) is 9.52. The molecule has 0 bridgehead atoms. The normalized spacial score (nSPS) is 9.75. The summed E-state index contributed by atoms with van der Waals surface area (Å²) in [5.74, 6) is -1.34. The zero-order chi connectivity index (χ0) is 14.7. The Balaban J connectivity index is 2.53. The molecule has 2 aromatic rings. The molecule has 0 spiro atoms. The minimum absolute atomic E-state index is 0.354. The Bertz CT molecular complexity index is 730. The molecule has 0 atom stereocenters. The summed E-state index contributed by atoms with van der Waals surface area (Å²) < 4.78 is 0. The van der Waals surface area contributed by atoms with Crippen LogP contribution in [0.4, 0.5) is 5.69 Å². The molecule has 0 radical (unpaired) electrons. The van der Waals surface area contributed by atoms with Crippen LogP contribution in [0.1, 0.15) is 15.9 Å². The van der Waals surface area contributed by atoms with Crippen molar-refractivity contribution >= 4 is 11.7 Å². The van der Waals surface area contributed by atoms with E-state index in [9.17, 15) is 14.9 Å². The van der Waals surface area contributed by atoms with E-state index in [0.717, 1.165) is 0 Å². The topological polar surface area (TPSA) is 104 Å². The molecule has 2 aromatic carbocycles. The van der Waals surface area contributed by atoms with Gasteiger partial charge in [-0.1, -0.05) is 18.2 Å². The molecule has 0 saturated heterocycles. The molecule has 20 heavy (non-hydrogen) atoms. The van der Waals surface area contributed by atoms with E-state index in [4.69, 9.17) is 10.4 Å². The molecule has 0 aliphatic heterocycles. The molecular weight excluding hydrogens is 260 g/mol. The van der Waals surface area contributed by atoms with Crippen molar-refractivity contribution in [2.75, 3.05) is 0 Å². The van der Waals surface area contributed by atoms with E-state index < -0.39 is 16.6 Å². The summed E-state index contributed by atoms with van der Waals surface area (Å²) in [4.78, 5) is 21.1. The van der Waals surface area contributed by atoms with Crippen LogP contribution in [0.25, 0.3) is 11.1 Å². The number of nitro benzene ring substituents is 1. The SMILES string of the molecule is N#Cc1ccc(-c2ccc(C(=O)O)c([N+](=O)[O-])c2)cc1. The Hall–Kier alpha value is -3.20. The molecule has 2 rings (SSSR count). The molecule has 0 aliphatic rings. The lowest BCUT2D eigenvalue weighted by Crippen LogP contribution is -2.02. The van der Waals surface area contributed by atoms with E-state index in [-0.39, 0.29) is 5.56 Å². The van der Waals surface area contributed by atoms with Gasteiger partial charge in [0.05, 0.1) is 16.6 Å². The van der Waals surface area contributed by atoms with E-state index in [2.05, 4.69) is 0 Å². The van der Waals surface area contributed by atoms with Crippen LogP contribution >= 0.6 is 0 Å². The second kappa shape index (κ2) is 5.20. The number of carboxylic acid groups (broad SMARTS) is 1. The van der Waals surface area contributed by atoms with Crippen LogP contribution in [0.15, 0.2) is 42.5 Å². The molecule has 1 N–H and O–H groups in total. The van der Waals surface area contributed by atoms with Crippen LogP contribution in [-0.4, -0.2) is 16.0 Å². The third kappa shape index (κ3) is 2.47. The first kappa shape index (κ1) is 13.2. The molecule has 0 amide bonds. The van der Waals surface area contributed by atoms with Crippen molar-refractivity contribution in [1.29, 1.82) is 5.26 Å². The molecule has 6 nitrogen and oxygen atoms in total. The smallest absolute Gasteiger partial charge is 0.342 e. The largest absolute Gasteiger partial charge is 0.477 e. The Morgan fingerprint density at radius 1 is 1.15 bits per heavy atom. The molecular formula is C14H8N2O4. The zero-order valence-electron chi connectivity index (χ0n) is 10.1. The highest BCUT2D eigenvalue weighted by molar-refractivity contribution is 5.93. The lowest BCUT2D eigenvalue weighted by atomic mass is 10.0. The van der Waals surface area contributed by atoms with Crippen molar-refractivity contribution in [2.24, 2.45) is 0 Å². The zero-order valence-corrected chi connectivity index (χ0v) is 10.1. The van der Waals surface area contributed by atoms with Crippen molar-refractivity contribution in [3.8, 4) is 17.2 Å². The highest BCUT2D eigenvalue weighted by Crippen LogP contribution is 2.27. The van der Waals surface area contributed by atoms with E-state index >= 15 is 0 Å². The molecule has 0 aromatic heterocycles. The number of nitriles is 1. The van der Waals surface area contributed by atoms with Gasteiger partial charge in [-0.2, -0.15) is 5.26 Å². The predicted octanol–water partition coefficient (Wildman–Crippen LogP) is 2.83. The van der Waals surface area contributed by atoms with Gasteiger partial charge in [0.1, 0.15) is 5.56 Å². The molecule has 0 saturated carbocycles. The maximum Gasteiger partial charge on any atom is 0.342 e. The van der Waals surface area contributed by atoms with Crippen molar-refractivity contribution in [3.05, 3.63) is 63.7 Å². The van der Waals surface area contributed by atoms with Crippen LogP contribution in [-0.2, 0) is 0 Å². The van der Waals surface area contributed by atoms with Crippen LogP contribution in [0, 0.1) is 21.4 Å². The van der Waals surface area contributed by atoms with Crippen LogP contribution in [0.3, 0.4) is 0 Å². The fourth-order valence-electron chi connectivity index (χ4n) is 1.78. The van der Waals surface area contributed by atoms with E-state index in [1.165, 1.54) is 18.2 Å². The summed E-state index contributed by atoms with van der Waals surface area (Å²) in [5.41, 5.74) is 0.854. The summed E-state index contributed by atoms with van der Waals surface area (Å²) in [5, 5.41) is 28.5. The molecule has 0 aliphatic carbocycles. The van der Waals surface area contributed by atoms with E-state index in [1.54, 1.807) is 24.3 Å². The lowest BCUT2D eigenvalue weighted by molar-refractivity contribution is -0.385. The number of carbonyl (C=O) groups is 1. The van der Waals surface area contributed by atoms with Crippen LogP contribution in [0.5, 0.6) is 0 Å². The van der Waals surface area contributed by atoms with E-state index in [1.807, 2.05) is 6.07 Å². The highest BCUT2D eigenvalue weighted by Gasteiger charge is 2.20. The van der Waals surface area contributed by atoms with Gasteiger partial charge in [0.15, 0.2) is 0 Å². The third-order valence-electron chi connectivity index (χ3n) is 2.77. The number of hydrogen-bond acceptors (Lipinski definition) is 4. The molecule has 98 valence electrons. The fourth-order valence-corrected chi connectivity index (χ4v) is 1.78. The molecule has 6 heteroatoms. The van der Waals surface area contributed by atoms with Gasteiger partial charge in [0.2, 0.25) is 0 Å². The van der Waals surface area contributed by atoms with Gasteiger partial charge < -0.3 is 5.11 Å². The second-order valence-corrected chi connectivity index (χ2v) is 3.98. The quantitative estimate of drug-likeness (QED) is 0.680. The number of aromatic carboxylic acids is 1. The number of carboxylic acids is 1. The second-order valence-electron chi connectivity index (χ2n) is 3.98. The predicted molar refractivity (Wildman–Crippen MR) is 70.2 cm³/mol. The average molecular weight is 268 g/mol. The number of hydrogen-bond donors (Lipinski definition) is 1. The van der Waals surface area contributed by atoms with Gasteiger partial charge in [-0.05, 0) is 29.3 Å². The minimum atomic E-state index is -1.34. The Labute approximate surface area is 113 Å². The highest BCUT2D eigenvalue weighted by atomic mass is 16.6. The third-order valence-corrected chi connectivity index (χ3v) is 2.77. The van der Waals surface area contributed by atoms with Crippen molar-refractivity contribution in [3.63, 3.8) is 0 Å². The van der Waals surface area contributed by atoms with Crippen LogP contribution < -0.4 is 0 Å². The monoisotopic (exact) mass is 268 g/mol. The average Bonchev–Trinajstić information content (AvgIpc) is 2.46. The van der Waals surface area contributed by atoms with Gasteiger partial charge in [0, 0.05) is 6.07 Å². The fraction of sp³-hybridized carbons (Fsp3) is 0. The summed E-state index contributed by atoms with van der Waals surface area (Å²) >= 11 is 0. The van der Waals surface area contributed by atoms with Crippen LogP contribution in [0.2, 0.25) is 0 Å². The molecule has 0 unspecified atom stereocenters. The minimum Gasteiger partial charge on any atom is -0.477 e. The molecule has 0 heterocycles. The summed E-state index contributed by atoms with van der Waals surface area (Å²) in [7, 11) is 0. The van der Waals surface area contributed by atoms with Gasteiger partial charge in [-0.3, -0.25) is 10.1 Å². The maximum absolute atomic E-state index is 10.9. The van der Waals surface area contributed by atoms with Gasteiger partial charge in [-0.15, -0.1) is 0 Å². The van der Waals surface area contributed by atoms with E-state index in [0.29, 0.717) is 16.7 Å². The summed E-state index contributed by atoms with van der Waals surface area (Å²) in [6.45, 7) is 0. The van der Waals surface area contributed by atoms with Crippen molar-refractivity contribution in [1.82, 2.24) is 0 Å². The van der Waals surface area contributed by atoms with Gasteiger partial charge >= 0.3 is 5.97 Å². The van der Waals surface area contributed by atoms with Gasteiger partial charge in [-0.25, -0.2) is 4.79 Å². The van der Waals surface area contributed by atoms with Gasteiger partial charge in [0.25, 0.3) is 5.69 Å². The number of rotatable bonds is 3. The standard InChI is InChI=1S/C14H8N2O4/c15-8-9-1-3-10(4-2-9)11-5-6-12(14(17)18)13(7-11)16(19)20/h1-7H,(H,17,18). The number of benzene rings is 2.